The minimum absolute atomic E-state index is 0.530. The Morgan fingerprint density at radius 1 is 1.17 bits per heavy atom. The second kappa shape index (κ2) is 10.3. The SMILES string of the molecule is C=C(N)C1(ON(C)N2CCN(c3ccc(OCCCC)cc3)CC2)CCOCC1. The number of ether oxygens (including phenoxy) is 2. The molecular weight excluding hydrogens is 368 g/mol. The third-order valence-electron chi connectivity index (χ3n) is 5.82. The van der Waals surface area contributed by atoms with Gasteiger partial charge in [-0.25, -0.2) is 5.01 Å². The molecule has 2 saturated heterocycles. The highest BCUT2D eigenvalue weighted by Gasteiger charge is 2.38. The van der Waals surface area contributed by atoms with Crippen LogP contribution < -0.4 is 15.4 Å². The van der Waals surface area contributed by atoms with Gasteiger partial charge in [-0.2, -0.15) is 0 Å². The summed E-state index contributed by atoms with van der Waals surface area (Å²) in [6, 6.07) is 8.42. The highest BCUT2D eigenvalue weighted by Crippen LogP contribution is 2.31. The number of hydrogen-bond acceptors (Lipinski definition) is 7. The lowest BCUT2D eigenvalue weighted by Crippen LogP contribution is -2.56. The number of nitrogens with two attached hydrogens (primary N) is 1. The zero-order valence-corrected chi connectivity index (χ0v) is 17.9. The summed E-state index contributed by atoms with van der Waals surface area (Å²) < 4.78 is 11.2. The third kappa shape index (κ3) is 5.63. The quantitative estimate of drug-likeness (QED) is 0.501. The van der Waals surface area contributed by atoms with Crippen molar-refractivity contribution in [2.24, 2.45) is 5.73 Å². The van der Waals surface area contributed by atoms with E-state index in [-0.39, 0.29) is 0 Å². The van der Waals surface area contributed by atoms with Crippen LogP contribution in [0.25, 0.3) is 0 Å². The first-order valence-corrected chi connectivity index (χ1v) is 10.7. The molecule has 1 aromatic carbocycles. The number of rotatable bonds is 9. The van der Waals surface area contributed by atoms with Gasteiger partial charge in [-0.15, -0.1) is 5.17 Å². The van der Waals surface area contributed by atoms with Crippen LogP contribution in [0.3, 0.4) is 0 Å². The van der Waals surface area contributed by atoms with Crippen molar-refractivity contribution in [3.05, 3.63) is 36.5 Å². The van der Waals surface area contributed by atoms with Gasteiger partial charge in [0.2, 0.25) is 0 Å². The highest BCUT2D eigenvalue weighted by molar-refractivity contribution is 5.49. The summed E-state index contributed by atoms with van der Waals surface area (Å²) in [6.07, 6.45) is 3.71. The summed E-state index contributed by atoms with van der Waals surface area (Å²) in [7, 11) is 1.96. The van der Waals surface area contributed by atoms with Gasteiger partial charge in [0.15, 0.2) is 0 Å². The van der Waals surface area contributed by atoms with Crippen LogP contribution in [0.5, 0.6) is 5.75 Å². The molecule has 0 spiro atoms. The van der Waals surface area contributed by atoms with Crippen LogP contribution >= 0.6 is 0 Å². The van der Waals surface area contributed by atoms with E-state index in [1.54, 1.807) is 0 Å². The maximum atomic E-state index is 6.30. The molecule has 7 nitrogen and oxygen atoms in total. The standard InChI is InChI=1S/C22H36N4O3/c1-4-5-16-28-21-8-6-20(7-9-21)25-12-14-26(15-13-25)24(3)29-22(19(2)23)10-17-27-18-11-22/h6-9H,2,4-5,10-18,23H2,1,3H3. The maximum absolute atomic E-state index is 6.30. The Labute approximate surface area is 174 Å². The second-order valence-electron chi connectivity index (χ2n) is 7.82. The van der Waals surface area contributed by atoms with Gasteiger partial charge in [0.1, 0.15) is 11.4 Å². The number of hydroxylamine groups is 1. The van der Waals surface area contributed by atoms with Crippen LogP contribution in [-0.4, -0.2) is 68.8 Å². The number of anilines is 1. The van der Waals surface area contributed by atoms with E-state index in [1.807, 2.05) is 12.2 Å². The molecule has 0 bridgehead atoms. The van der Waals surface area contributed by atoms with Gasteiger partial charge in [0.25, 0.3) is 0 Å². The summed E-state index contributed by atoms with van der Waals surface area (Å²) >= 11 is 0. The predicted molar refractivity (Wildman–Crippen MR) is 116 cm³/mol. The van der Waals surface area contributed by atoms with E-state index >= 15 is 0 Å². The van der Waals surface area contributed by atoms with Crippen LogP contribution in [0, 0.1) is 0 Å². The van der Waals surface area contributed by atoms with Gasteiger partial charge < -0.3 is 20.1 Å². The first-order chi connectivity index (χ1) is 14.0. The molecule has 0 saturated carbocycles. The second-order valence-corrected chi connectivity index (χ2v) is 7.82. The summed E-state index contributed by atoms with van der Waals surface area (Å²) in [5.41, 5.74) is 7.37. The summed E-state index contributed by atoms with van der Waals surface area (Å²) in [6.45, 7) is 11.9. The summed E-state index contributed by atoms with van der Waals surface area (Å²) in [4.78, 5) is 8.70. The Hall–Kier alpha value is -1.80. The average molecular weight is 405 g/mol. The van der Waals surface area contributed by atoms with E-state index in [4.69, 9.17) is 20.0 Å². The number of hydrazine groups is 1. The smallest absolute Gasteiger partial charge is 0.134 e. The fraction of sp³-hybridized carbons (Fsp3) is 0.636. The first-order valence-electron chi connectivity index (χ1n) is 10.7. The normalized spacial score (nSPS) is 20.0. The van der Waals surface area contributed by atoms with Crippen molar-refractivity contribution in [2.45, 2.75) is 38.2 Å². The Balaban J connectivity index is 1.50. The molecule has 0 radical (unpaired) electrons. The molecule has 29 heavy (non-hydrogen) atoms. The van der Waals surface area contributed by atoms with Crippen molar-refractivity contribution in [3.8, 4) is 5.75 Å². The molecule has 0 aromatic heterocycles. The van der Waals surface area contributed by atoms with Crippen LogP contribution in [0.15, 0.2) is 36.5 Å². The average Bonchev–Trinajstić information content (AvgIpc) is 2.75. The first kappa shape index (κ1) is 21.9. The van der Waals surface area contributed by atoms with Gasteiger partial charge in [0.05, 0.1) is 6.61 Å². The molecule has 1 aromatic rings. The molecule has 2 aliphatic heterocycles. The molecule has 0 atom stereocenters. The molecule has 3 rings (SSSR count). The van der Waals surface area contributed by atoms with Gasteiger partial charge in [0, 0.05) is 70.7 Å². The summed E-state index contributed by atoms with van der Waals surface area (Å²) in [5.74, 6) is 0.942. The fourth-order valence-corrected chi connectivity index (χ4v) is 3.81. The number of unbranched alkanes of at least 4 members (excludes halogenated alkanes) is 1. The Kier molecular flexibility index (Phi) is 7.77. The Morgan fingerprint density at radius 2 is 1.83 bits per heavy atom. The van der Waals surface area contributed by atoms with Crippen molar-refractivity contribution in [1.29, 1.82) is 0 Å². The van der Waals surface area contributed by atoms with Gasteiger partial charge in [-0.05, 0) is 30.7 Å². The molecule has 2 fully saturated rings. The highest BCUT2D eigenvalue weighted by atomic mass is 16.7. The predicted octanol–water partition coefficient (Wildman–Crippen LogP) is 2.79. The van der Waals surface area contributed by atoms with Crippen molar-refractivity contribution < 1.29 is 14.3 Å². The largest absolute Gasteiger partial charge is 0.494 e. The minimum Gasteiger partial charge on any atom is -0.494 e. The summed E-state index contributed by atoms with van der Waals surface area (Å²) in [5, 5.41) is 4.07. The lowest BCUT2D eigenvalue weighted by Gasteiger charge is -2.45. The van der Waals surface area contributed by atoms with E-state index in [9.17, 15) is 0 Å². The fourth-order valence-electron chi connectivity index (χ4n) is 3.81. The lowest BCUT2D eigenvalue weighted by atomic mass is 9.91. The van der Waals surface area contributed by atoms with Crippen molar-refractivity contribution >= 4 is 5.69 Å². The van der Waals surface area contributed by atoms with E-state index in [1.165, 1.54) is 5.69 Å². The van der Waals surface area contributed by atoms with E-state index in [0.29, 0.717) is 18.9 Å². The zero-order valence-electron chi connectivity index (χ0n) is 17.9. The molecule has 0 unspecified atom stereocenters. The number of piperazine rings is 1. The molecule has 2 aliphatic rings. The topological polar surface area (TPSA) is 63.4 Å². The molecule has 0 aliphatic carbocycles. The van der Waals surface area contributed by atoms with Crippen molar-refractivity contribution in [1.82, 2.24) is 10.2 Å². The van der Waals surface area contributed by atoms with E-state index in [0.717, 1.165) is 64.2 Å². The van der Waals surface area contributed by atoms with E-state index in [2.05, 4.69) is 47.7 Å². The Bertz CT molecular complexity index is 638. The minimum atomic E-state index is -0.530. The van der Waals surface area contributed by atoms with Gasteiger partial charge in [-0.3, -0.25) is 4.84 Å². The monoisotopic (exact) mass is 404 g/mol. The van der Waals surface area contributed by atoms with Crippen LogP contribution in [0.2, 0.25) is 0 Å². The van der Waals surface area contributed by atoms with Gasteiger partial charge in [-0.1, -0.05) is 19.9 Å². The number of benzene rings is 1. The van der Waals surface area contributed by atoms with Crippen LogP contribution in [-0.2, 0) is 9.57 Å². The van der Waals surface area contributed by atoms with Crippen LogP contribution in [0.4, 0.5) is 5.69 Å². The number of nitrogens with zero attached hydrogens (tertiary/aromatic N) is 3. The maximum Gasteiger partial charge on any atom is 0.134 e. The lowest BCUT2D eigenvalue weighted by molar-refractivity contribution is -0.328. The van der Waals surface area contributed by atoms with E-state index < -0.39 is 5.60 Å². The molecule has 2 N–H and O–H groups in total. The van der Waals surface area contributed by atoms with Crippen molar-refractivity contribution in [3.63, 3.8) is 0 Å². The molecule has 2 heterocycles. The molecule has 0 amide bonds. The van der Waals surface area contributed by atoms with Gasteiger partial charge >= 0.3 is 0 Å². The molecular formula is C22H36N4O3. The van der Waals surface area contributed by atoms with Crippen LogP contribution in [0.1, 0.15) is 32.6 Å². The molecule has 7 heteroatoms. The Morgan fingerprint density at radius 3 is 2.41 bits per heavy atom. The number of hydrogen-bond donors (Lipinski definition) is 1. The molecule has 162 valence electrons. The zero-order chi connectivity index (χ0) is 20.7. The van der Waals surface area contributed by atoms with Crippen molar-refractivity contribution in [2.75, 3.05) is 57.9 Å². The third-order valence-corrected chi connectivity index (χ3v) is 5.82.